The molecule has 1 unspecified atom stereocenters. The molecule has 0 amide bonds. The van der Waals surface area contributed by atoms with Crippen molar-refractivity contribution >= 4 is 0 Å². The molecule has 0 spiro atoms. The number of hydrogen-bond acceptors (Lipinski definition) is 2. The van der Waals surface area contributed by atoms with E-state index in [1.807, 2.05) is 12.1 Å². The van der Waals surface area contributed by atoms with Crippen molar-refractivity contribution in [2.75, 3.05) is 20.2 Å². The van der Waals surface area contributed by atoms with Crippen LogP contribution in [-0.4, -0.2) is 20.2 Å². The SMILES string of the molecule is CCNCC(CC)Cc1cccc(OC)c1F. The van der Waals surface area contributed by atoms with Gasteiger partial charge in [-0.15, -0.1) is 0 Å². The molecule has 0 bridgehead atoms. The van der Waals surface area contributed by atoms with Crippen LogP contribution in [0, 0.1) is 11.7 Å². The van der Waals surface area contributed by atoms with Gasteiger partial charge in [0.2, 0.25) is 0 Å². The Hall–Kier alpha value is -1.09. The van der Waals surface area contributed by atoms with Crippen LogP contribution in [0.15, 0.2) is 18.2 Å². The van der Waals surface area contributed by atoms with Crippen molar-refractivity contribution in [3.05, 3.63) is 29.6 Å². The lowest BCUT2D eigenvalue weighted by Gasteiger charge is -2.16. The second-order valence-electron chi connectivity index (χ2n) is 4.22. The lowest BCUT2D eigenvalue weighted by molar-refractivity contribution is 0.380. The summed E-state index contributed by atoms with van der Waals surface area (Å²) in [7, 11) is 1.50. The van der Waals surface area contributed by atoms with Gasteiger partial charge in [-0.1, -0.05) is 32.4 Å². The molecule has 1 aromatic carbocycles. The molecule has 1 rings (SSSR count). The maximum absolute atomic E-state index is 13.9. The van der Waals surface area contributed by atoms with E-state index in [0.29, 0.717) is 11.7 Å². The molecular weight excluding hydrogens is 217 g/mol. The van der Waals surface area contributed by atoms with Gasteiger partial charge in [-0.05, 0) is 37.1 Å². The summed E-state index contributed by atoms with van der Waals surface area (Å²) >= 11 is 0. The van der Waals surface area contributed by atoms with E-state index >= 15 is 0 Å². The first kappa shape index (κ1) is 14.0. The maximum Gasteiger partial charge on any atom is 0.168 e. The van der Waals surface area contributed by atoms with Crippen LogP contribution in [0.1, 0.15) is 25.8 Å². The fourth-order valence-corrected chi connectivity index (χ4v) is 1.89. The second kappa shape index (κ2) is 7.28. The van der Waals surface area contributed by atoms with Gasteiger partial charge in [-0.25, -0.2) is 4.39 Å². The zero-order chi connectivity index (χ0) is 12.7. The van der Waals surface area contributed by atoms with Crippen molar-refractivity contribution in [1.29, 1.82) is 0 Å². The Kier molecular flexibility index (Phi) is 5.98. The molecule has 0 radical (unpaired) electrons. The van der Waals surface area contributed by atoms with E-state index in [4.69, 9.17) is 4.74 Å². The molecule has 0 fully saturated rings. The predicted molar refractivity (Wildman–Crippen MR) is 69.0 cm³/mol. The third-order valence-corrected chi connectivity index (χ3v) is 3.03. The van der Waals surface area contributed by atoms with Gasteiger partial charge in [0, 0.05) is 0 Å². The molecule has 0 aliphatic heterocycles. The number of nitrogens with one attached hydrogen (secondary N) is 1. The van der Waals surface area contributed by atoms with Gasteiger partial charge in [-0.3, -0.25) is 0 Å². The minimum atomic E-state index is -0.218. The highest BCUT2D eigenvalue weighted by Crippen LogP contribution is 2.22. The first-order valence-electron chi connectivity index (χ1n) is 6.24. The molecule has 1 aromatic rings. The number of benzene rings is 1. The Bertz CT molecular complexity index is 341. The minimum absolute atomic E-state index is 0.218. The minimum Gasteiger partial charge on any atom is -0.494 e. The van der Waals surface area contributed by atoms with Crippen molar-refractivity contribution in [3.63, 3.8) is 0 Å². The highest BCUT2D eigenvalue weighted by molar-refractivity contribution is 5.31. The molecule has 0 saturated heterocycles. The van der Waals surface area contributed by atoms with Gasteiger partial charge in [-0.2, -0.15) is 0 Å². The summed E-state index contributed by atoms with van der Waals surface area (Å²) < 4.78 is 18.9. The fourth-order valence-electron chi connectivity index (χ4n) is 1.89. The summed E-state index contributed by atoms with van der Waals surface area (Å²) in [6.07, 6.45) is 1.80. The first-order valence-corrected chi connectivity index (χ1v) is 6.24. The van der Waals surface area contributed by atoms with Gasteiger partial charge in [0.1, 0.15) is 0 Å². The molecule has 0 heterocycles. The Morgan fingerprint density at radius 1 is 1.35 bits per heavy atom. The molecule has 96 valence electrons. The smallest absolute Gasteiger partial charge is 0.168 e. The van der Waals surface area contributed by atoms with Gasteiger partial charge < -0.3 is 10.1 Å². The van der Waals surface area contributed by atoms with E-state index < -0.39 is 0 Å². The molecular formula is C14H22FNO. The van der Waals surface area contributed by atoms with E-state index in [1.165, 1.54) is 7.11 Å². The van der Waals surface area contributed by atoms with Crippen molar-refractivity contribution < 1.29 is 9.13 Å². The number of rotatable bonds is 7. The normalized spacial score (nSPS) is 12.5. The Morgan fingerprint density at radius 3 is 2.71 bits per heavy atom. The van der Waals surface area contributed by atoms with E-state index in [9.17, 15) is 4.39 Å². The second-order valence-corrected chi connectivity index (χ2v) is 4.22. The fraction of sp³-hybridized carbons (Fsp3) is 0.571. The molecule has 2 nitrogen and oxygen atoms in total. The maximum atomic E-state index is 13.9. The molecule has 1 N–H and O–H groups in total. The summed E-state index contributed by atoms with van der Waals surface area (Å²) in [6, 6.07) is 5.34. The lowest BCUT2D eigenvalue weighted by atomic mass is 9.96. The van der Waals surface area contributed by atoms with Crippen molar-refractivity contribution in [2.24, 2.45) is 5.92 Å². The van der Waals surface area contributed by atoms with Crippen molar-refractivity contribution in [1.82, 2.24) is 5.32 Å². The Morgan fingerprint density at radius 2 is 2.12 bits per heavy atom. The highest BCUT2D eigenvalue weighted by Gasteiger charge is 2.13. The number of halogens is 1. The number of ether oxygens (including phenoxy) is 1. The van der Waals surface area contributed by atoms with Gasteiger partial charge >= 0.3 is 0 Å². The molecule has 1 atom stereocenters. The van der Waals surface area contributed by atoms with E-state index in [0.717, 1.165) is 31.5 Å². The monoisotopic (exact) mass is 239 g/mol. The summed E-state index contributed by atoms with van der Waals surface area (Å²) in [5, 5.41) is 3.31. The van der Waals surface area contributed by atoms with E-state index in [2.05, 4.69) is 19.2 Å². The summed E-state index contributed by atoms with van der Waals surface area (Å²) in [6.45, 7) is 6.11. The van der Waals surface area contributed by atoms with Crippen LogP contribution in [0.2, 0.25) is 0 Å². The molecule has 0 aliphatic rings. The van der Waals surface area contributed by atoms with Crippen LogP contribution in [0.3, 0.4) is 0 Å². The highest BCUT2D eigenvalue weighted by atomic mass is 19.1. The van der Waals surface area contributed by atoms with Crippen LogP contribution in [0.4, 0.5) is 4.39 Å². The molecule has 0 saturated carbocycles. The van der Waals surface area contributed by atoms with Gasteiger partial charge in [0.15, 0.2) is 11.6 Å². The molecule has 0 aromatic heterocycles. The van der Waals surface area contributed by atoms with E-state index in [1.54, 1.807) is 6.07 Å². The zero-order valence-electron chi connectivity index (χ0n) is 10.9. The quantitative estimate of drug-likeness (QED) is 0.789. The predicted octanol–water partition coefficient (Wildman–Crippen LogP) is 3.01. The van der Waals surface area contributed by atoms with E-state index in [-0.39, 0.29) is 5.82 Å². The van der Waals surface area contributed by atoms with Crippen molar-refractivity contribution in [2.45, 2.75) is 26.7 Å². The van der Waals surface area contributed by atoms with Gasteiger partial charge in [0.05, 0.1) is 7.11 Å². The Balaban J connectivity index is 2.72. The summed E-state index contributed by atoms with van der Waals surface area (Å²) in [5.41, 5.74) is 0.745. The first-order chi connectivity index (χ1) is 8.22. The summed E-state index contributed by atoms with van der Waals surface area (Å²) in [5.74, 6) is 0.585. The van der Waals surface area contributed by atoms with Crippen LogP contribution in [0.5, 0.6) is 5.75 Å². The standard InChI is InChI=1S/C14H22FNO/c1-4-11(10-16-5-2)9-12-7-6-8-13(17-3)14(12)15/h6-8,11,16H,4-5,9-10H2,1-3H3. The van der Waals surface area contributed by atoms with Gasteiger partial charge in [0.25, 0.3) is 0 Å². The van der Waals surface area contributed by atoms with Crippen LogP contribution in [0.25, 0.3) is 0 Å². The molecule has 17 heavy (non-hydrogen) atoms. The Labute approximate surface area is 103 Å². The lowest BCUT2D eigenvalue weighted by Crippen LogP contribution is -2.23. The molecule has 0 aliphatic carbocycles. The third kappa shape index (κ3) is 4.00. The van der Waals surface area contributed by atoms with Crippen LogP contribution >= 0.6 is 0 Å². The largest absolute Gasteiger partial charge is 0.494 e. The molecule has 3 heteroatoms. The third-order valence-electron chi connectivity index (χ3n) is 3.03. The topological polar surface area (TPSA) is 21.3 Å². The number of hydrogen-bond donors (Lipinski definition) is 1. The van der Waals surface area contributed by atoms with Crippen LogP contribution in [-0.2, 0) is 6.42 Å². The average molecular weight is 239 g/mol. The number of methoxy groups -OCH3 is 1. The van der Waals surface area contributed by atoms with Crippen molar-refractivity contribution in [3.8, 4) is 5.75 Å². The zero-order valence-corrected chi connectivity index (χ0v) is 10.9. The average Bonchev–Trinajstić information content (AvgIpc) is 2.36. The summed E-state index contributed by atoms with van der Waals surface area (Å²) in [4.78, 5) is 0. The van der Waals surface area contributed by atoms with Crippen LogP contribution < -0.4 is 10.1 Å².